The van der Waals surface area contributed by atoms with E-state index in [1.807, 2.05) is 0 Å². The molecule has 1 aromatic carbocycles. The third-order valence-corrected chi connectivity index (χ3v) is 4.29. The molecule has 0 aromatic heterocycles. The highest BCUT2D eigenvalue weighted by Gasteiger charge is 2.28. The molecule has 2 aliphatic rings. The Morgan fingerprint density at radius 1 is 1.26 bits per heavy atom. The fraction of sp³-hybridized carbons (Fsp3) is 0.625. The summed E-state index contributed by atoms with van der Waals surface area (Å²) in [6.45, 7) is 1.77. The van der Waals surface area contributed by atoms with Crippen LogP contribution in [0.2, 0.25) is 0 Å². The van der Waals surface area contributed by atoms with Gasteiger partial charge in [0, 0.05) is 0 Å². The van der Waals surface area contributed by atoms with Crippen molar-refractivity contribution in [3.05, 3.63) is 35.4 Å². The van der Waals surface area contributed by atoms with Crippen molar-refractivity contribution in [1.29, 1.82) is 0 Å². The van der Waals surface area contributed by atoms with Gasteiger partial charge in [-0.15, -0.1) is 0 Å². The number of aliphatic hydroxyl groups excluding tert-OH is 1. The first-order valence-corrected chi connectivity index (χ1v) is 7.30. The summed E-state index contributed by atoms with van der Waals surface area (Å²) in [5.41, 5.74) is 2.87. The number of benzene rings is 1. The van der Waals surface area contributed by atoms with Crippen LogP contribution in [0.1, 0.15) is 36.3 Å². The lowest BCUT2D eigenvalue weighted by molar-refractivity contribution is -0.134. The summed E-state index contributed by atoms with van der Waals surface area (Å²) in [5, 5.41) is 10.3. The molecule has 0 radical (unpaired) electrons. The minimum Gasteiger partial charge on any atom is -0.390 e. The Morgan fingerprint density at radius 3 is 3.00 bits per heavy atom. The van der Waals surface area contributed by atoms with Crippen molar-refractivity contribution in [2.75, 3.05) is 19.8 Å². The molecule has 1 saturated heterocycles. The summed E-state index contributed by atoms with van der Waals surface area (Å²) >= 11 is 0. The van der Waals surface area contributed by atoms with Gasteiger partial charge in [-0.25, -0.2) is 0 Å². The van der Waals surface area contributed by atoms with Crippen molar-refractivity contribution in [2.24, 2.45) is 0 Å². The molecule has 3 atom stereocenters. The standard InChI is InChI=1S/C16H22O3/c17-15(16-11-18-8-9-19-16)10-13-6-3-5-12-4-1-2-7-14(12)13/h1-2,4,7,13,15-17H,3,5-6,8-11H2. The molecule has 3 heteroatoms. The summed E-state index contributed by atoms with van der Waals surface area (Å²) in [4.78, 5) is 0. The van der Waals surface area contributed by atoms with E-state index in [0.717, 1.165) is 6.42 Å². The molecule has 1 fully saturated rings. The van der Waals surface area contributed by atoms with E-state index < -0.39 is 6.10 Å². The van der Waals surface area contributed by atoms with Crippen molar-refractivity contribution < 1.29 is 14.6 Å². The highest BCUT2D eigenvalue weighted by molar-refractivity contribution is 5.32. The lowest BCUT2D eigenvalue weighted by Gasteiger charge is -2.32. The lowest BCUT2D eigenvalue weighted by atomic mass is 9.79. The number of aryl methyl sites for hydroxylation is 1. The normalized spacial score (nSPS) is 28.7. The number of fused-ring (bicyclic) bond motifs is 1. The van der Waals surface area contributed by atoms with Gasteiger partial charge >= 0.3 is 0 Å². The van der Waals surface area contributed by atoms with Crippen LogP contribution in [-0.2, 0) is 15.9 Å². The first-order valence-electron chi connectivity index (χ1n) is 7.30. The van der Waals surface area contributed by atoms with Gasteiger partial charge in [-0.2, -0.15) is 0 Å². The van der Waals surface area contributed by atoms with Gasteiger partial charge in [0.1, 0.15) is 6.10 Å². The van der Waals surface area contributed by atoms with Gasteiger partial charge in [0.2, 0.25) is 0 Å². The molecular formula is C16H22O3. The van der Waals surface area contributed by atoms with Crippen molar-refractivity contribution in [1.82, 2.24) is 0 Å². The van der Waals surface area contributed by atoms with Crippen molar-refractivity contribution >= 4 is 0 Å². The van der Waals surface area contributed by atoms with Gasteiger partial charge in [-0.05, 0) is 42.7 Å². The van der Waals surface area contributed by atoms with E-state index >= 15 is 0 Å². The molecular weight excluding hydrogens is 240 g/mol. The van der Waals surface area contributed by atoms with Gasteiger partial charge in [0.15, 0.2) is 0 Å². The molecule has 1 heterocycles. The summed E-state index contributed by atoms with van der Waals surface area (Å²) in [5.74, 6) is 0.463. The summed E-state index contributed by atoms with van der Waals surface area (Å²) < 4.78 is 11.0. The Morgan fingerprint density at radius 2 is 2.16 bits per heavy atom. The van der Waals surface area contributed by atoms with E-state index in [0.29, 0.717) is 25.7 Å². The van der Waals surface area contributed by atoms with Crippen LogP contribution < -0.4 is 0 Å². The van der Waals surface area contributed by atoms with Crippen LogP contribution >= 0.6 is 0 Å². The average Bonchev–Trinajstić information content (AvgIpc) is 2.48. The summed E-state index contributed by atoms with van der Waals surface area (Å²) in [6, 6.07) is 8.64. The smallest absolute Gasteiger partial charge is 0.107 e. The third kappa shape index (κ3) is 2.99. The van der Waals surface area contributed by atoms with Crippen LogP contribution in [0.3, 0.4) is 0 Å². The summed E-state index contributed by atoms with van der Waals surface area (Å²) in [6.07, 6.45) is 3.77. The number of hydrogen-bond donors (Lipinski definition) is 1. The van der Waals surface area contributed by atoms with Gasteiger partial charge in [-0.1, -0.05) is 24.3 Å². The average molecular weight is 262 g/mol. The minimum absolute atomic E-state index is 0.150. The Hall–Kier alpha value is -0.900. The second-order valence-corrected chi connectivity index (χ2v) is 5.58. The number of hydrogen-bond acceptors (Lipinski definition) is 3. The molecule has 0 spiro atoms. The monoisotopic (exact) mass is 262 g/mol. The SMILES string of the molecule is OC(CC1CCCc2ccccc21)C1COCCO1. The van der Waals surface area contributed by atoms with Crippen molar-refractivity contribution in [3.63, 3.8) is 0 Å². The van der Waals surface area contributed by atoms with Gasteiger partial charge in [-0.3, -0.25) is 0 Å². The van der Waals surface area contributed by atoms with Crippen molar-refractivity contribution in [2.45, 2.75) is 43.8 Å². The fourth-order valence-electron chi connectivity index (χ4n) is 3.27. The zero-order valence-corrected chi connectivity index (χ0v) is 11.3. The highest BCUT2D eigenvalue weighted by Crippen LogP contribution is 2.35. The maximum Gasteiger partial charge on any atom is 0.107 e. The van der Waals surface area contributed by atoms with E-state index in [9.17, 15) is 5.11 Å². The molecule has 0 saturated carbocycles. The van der Waals surface area contributed by atoms with Crippen LogP contribution in [0.15, 0.2) is 24.3 Å². The van der Waals surface area contributed by atoms with Crippen LogP contribution in [0.5, 0.6) is 0 Å². The van der Waals surface area contributed by atoms with E-state index in [1.54, 1.807) is 0 Å². The second-order valence-electron chi connectivity index (χ2n) is 5.58. The van der Waals surface area contributed by atoms with Crippen molar-refractivity contribution in [3.8, 4) is 0 Å². The maximum atomic E-state index is 10.3. The van der Waals surface area contributed by atoms with Crippen LogP contribution in [-0.4, -0.2) is 37.1 Å². The van der Waals surface area contributed by atoms with E-state index in [2.05, 4.69) is 24.3 Å². The zero-order valence-electron chi connectivity index (χ0n) is 11.3. The van der Waals surface area contributed by atoms with Crippen LogP contribution in [0, 0.1) is 0 Å². The topological polar surface area (TPSA) is 38.7 Å². The van der Waals surface area contributed by atoms with E-state index in [1.165, 1.54) is 30.4 Å². The first-order chi connectivity index (χ1) is 9.34. The molecule has 1 aliphatic heterocycles. The molecule has 1 aliphatic carbocycles. The molecule has 3 nitrogen and oxygen atoms in total. The molecule has 3 rings (SSSR count). The number of ether oxygens (including phenoxy) is 2. The summed E-state index contributed by atoms with van der Waals surface area (Å²) in [7, 11) is 0. The highest BCUT2D eigenvalue weighted by atomic mass is 16.6. The van der Waals surface area contributed by atoms with Crippen LogP contribution in [0.25, 0.3) is 0 Å². The van der Waals surface area contributed by atoms with Gasteiger partial charge in [0.25, 0.3) is 0 Å². The second kappa shape index (κ2) is 6.04. The predicted octanol–water partition coefficient (Wildman–Crippen LogP) is 2.27. The molecule has 1 N–H and O–H groups in total. The predicted molar refractivity (Wildman–Crippen MR) is 73.3 cm³/mol. The Labute approximate surface area is 114 Å². The largest absolute Gasteiger partial charge is 0.390 e. The van der Waals surface area contributed by atoms with E-state index in [4.69, 9.17) is 9.47 Å². The van der Waals surface area contributed by atoms with Gasteiger partial charge in [0.05, 0.1) is 25.9 Å². The van der Waals surface area contributed by atoms with E-state index in [-0.39, 0.29) is 6.10 Å². The Kier molecular flexibility index (Phi) is 4.16. The molecule has 0 bridgehead atoms. The quantitative estimate of drug-likeness (QED) is 0.908. The molecule has 3 unspecified atom stereocenters. The van der Waals surface area contributed by atoms with Crippen LogP contribution in [0.4, 0.5) is 0 Å². The number of rotatable bonds is 3. The number of aliphatic hydroxyl groups is 1. The lowest BCUT2D eigenvalue weighted by Crippen LogP contribution is -2.39. The molecule has 104 valence electrons. The maximum absolute atomic E-state index is 10.3. The van der Waals surface area contributed by atoms with Gasteiger partial charge < -0.3 is 14.6 Å². The third-order valence-electron chi connectivity index (χ3n) is 4.29. The molecule has 19 heavy (non-hydrogen) atoms. The minimum atomic E-state index is -0.420. The molecule has 0 amide bonds. The Balaban J connectivity index is 1.66. The zero-order chi connectivity index (χ0) is 13.1. The molecule has 1 aromatic rings. The Bertz CT molecular complexity index is 412. The first kappa shape index (κ1) is 13.1. The fourth-order valence-corrected chi connectivity index (χ4v) is 3.27.